The number of fused-ring (bicyclic) bond motifs is 1. The summed E-state index contributed by atoms with van der Waals surface area (Å²) >= 11 is 0. The van der Waals surface area contributed by atoms with Crippen molar-refractivity contribution < 1.29 is 23.9 Å². The summed E-state index contributed by atoms with van der Waals surface area (Å²) in [4.78, 5) is 36.7. The summed E-state index contributed by atoms with van der Waals surface area (Å²) in [5.41, 5.74) is 1.66. The van der Waals surface area contributed by atoms with Crippen LogP contribution in [0.1, 0.15) is 50.4 Å². The summed E-state index contributed by atoms with van der Waals surface area (Å²) in [7, 11) is 0. The van der Waals surface area contributed by atoms with E-state index in [9.17, 15) is 14.4 Å². The Hall–Kier alpha value is -2.69. The van der Waals surface area contributed by atoms with E-state index < -0.39 is 12.1 Å². The molecule has 1 aromatic rings. The standard InChI is InChI=1S/C24H28O5/c1-15(2)9-10-16(3)20(25)12-11-18-19-13-23(26)28-22(19)14-21(18)29-24(27)17-7-5-4-6-8-17/h4-9,11-12,16,18-19,21-22H,10,13-14H2,1-3H3/t16?,18-,19-,21-,22+/m1/s1. The molecule has 5 heteroatoms. The second-order valence-electron chi connectivity index (χ2n) is 8.20. The molecule has 0 radical (unpaired) electrons. The Morgan fingerprint density at radius 3 is 2.66 bits per heavy atom. The third-order valence-electron chi connectivity index (χ3n) is 5.67. The van der Waals surface area contributed by atoms with E-state index >= 15 is 0 Å². The molecule has 2 aliphatic rings. The quantitative estimate of drug-likeness (QED) is 0.391. The number of benzene rings is 1. The highest BCUT2D eigenvalue weighted by atomic mass is 16.6. The number of carbonyl (C=O) groups is 3. The van der Waals surface area contributed by atoms with E-state index in [1.807, 2.05) is 32.9 Å². The van der Waals surface area contributed by atoms with Crippen molar-refractivity contribution >= 4 is 17.7 Å². The Balaban J connectivity index is 1.71. The van der Waals surface area contributed by atoms with Crippen LogP contribution in [0.2, 0.25) is 0 Å². The molecule has 0 N–H and O–H groups in total. The van der Waals surface area contributed by atoms with Gasteiger partial charge in [0.1, 0.15) is 12.2 Å². The van der Waals surface area contributed by atoms with Gasteiger partial charge >= 0.3 is 11.9 Å². The highest BCUT2D eigenvalue weighted by Gasteiger charge is 2.50. The molecule has 1 aromatic carbocycles. The molecule has 1 heterocycles. The van der Waals surface area contributed by atoms with Gasteiger partial charge < -0.3 is 9.47 Å². The number of ether oxygens (including phenoxy) is 2. The van der Waals surface area contributed by atoms with Crippen LogP contribution in [0, 0.1) is 17.8 Å². The van der Waals surface area contributed by atoms with E-state index in [2.05, 4.69) is 6.08 Å². The molecule has 5 nitrogen and oxygen atoms in total. The van der Waals surface area contributed by atoms with Crippen molar-refractivity contribution in [3.05, 3.63) is 59.7 Å². The van der Waals surface area contributed by atoms with Gasteiger partial charge in [0.05, 0.1) is 12.0 Å². The first-order chi connectivity index (χ1) is 13.8. The summed E-state index contributed by atoms with van der Waals surface area (Å²) in [5.74, 6) is -0.987. The normalized spacial score (nSPS) is 26.7. The number of rotatable bonds is 7. The first kappa shape index (κ1) is 21.0. The average molecular weight is 396 g/mol. The van der Waals surface area contributed by atoms with Crippen LogP contribution in [-0.4, -0.2) is 29.9 Å². The van der Waals surface area contributed by atoms with Crippen LogP contribution < -0.4 is 0 Å². The molecule has 1 aliphatic carbocycles. The molecule has 5 atom stereocenters. The Morgan fingerprint density at radius 2 is 1.97 bits per heavy atom. The fraction of sp³-hybridized carbons (Fsp3) is 0.458. The smallest absolute Gasteiger partial charge is 0.338 e. The molecule has 1 aliphatic heterocycles. The Bertz CT molecular complexity index is 819. The van der Waals surface area contributed by atoms with Gasteiger partial charge in [0, 0.05) is 24.2 Å². The number of hydrogen-bond donors (Lipinski definition) is 0. The SMILES string of the molecule is CC(C)=CCC(C)C(=O)C=C[C@@H]1[C@H]2CC(=O)O[C@H]2C[C@H]1OC(=O)c1ccccc1. The topological polar surface area (TPSA) is 69.7 Å². The monoisotopic (exact) mass is 396 g/mol. The second-order valence-corrected chi connectivity index (χ2v) is 8.20. The van der Waals surface area contributed by atoms with Crippen molar-refractivity contribution in [2.24, 2.45) is 17.8 Å². The summed E-state index contributed by atoms with van der Waals surface area (Å²) in [6.07, 6.45) is 6.23. The fourth-order valence-electron chi connectivity index (χ4n) is 3.97. The van der Waals surface area contributed by atoms with Crippen molar-refractivity contribution in [2.75, 3.05) is 0 Å². The van der Waals surface area contributed by atoms with Gasteiger partial charge in [0.2, 0.25) is 0 Å². The number of carbonyl (C=O) groups excluding carboxylic acids is 3. The molecule has 1 unspecified atom stereocenters. The highest BCUT2D eigenvalue weighted by Crippen LogP contribution is 2.43. The maximum Gasteiger partial charge on any atom is 0.338 e. The van der Waals surface area contributed by atoms with Crippen molar-refractivity contribution in [2.45, 2.75) is 52.2 Å². The van der Waals surface area contributed by atoms with E-state index in [-0.39, 0.29) is 35.6 Å². The first-order valence-electron chi connectivity index (χ1n) is 10.2. The van der Waals surface area contributed by atoms with Crippen LogP contribution in [0.3, 0.4) is 0 Å². The third kappa shape index (κ3) is 5.22. The molecule has 29 heavy (non-hydrogen) atoms. The number of allylic oxidation sites excluding steroid dienone is 3. The van der Waals surface area contributed by atoms with Crippen LogP contribution in [0.4, 0.5) is 0 Å². The van der Waals surface area contributed by atoms with Gasteiger partial charge in [-0.05, 0) is 38.5 Å². The fourth-order valence-corrected chi connectivity index (χ4v) is 3.97. The molecule has 3 rings (SSSR count). The predicted octanol–water partition coefficient (Wildman–Crippen LogP) is 4.28. The van der Waals surface area contributed by atoms with Crippen LogP contribution >= 0.6 is 0 Å². The second kappa shape index (κ2) is 9.21. The van der Waals surface area contributed by atoms with Gasteiger partial charge in [-0.2, -0.15) is 0 Å². The van der Waals surface area contributed by atoms with Gasteiger partial charge in [-0.1, -0.05) is 42.8 Å². The van der Waals surface area contributed by atoms with Crippen molar-refractivity contribution in [1.29, 1.82) is 0 Å². The van der Waals surface area contributed by atoms with E-state index in [4.69, 9.17) is 9.47 Å². The lowest BCUT2D eigenvalue weighted by Crippen LogP contribution is -2.25. The molecule has 154 valence electrons. The van der Waals surface area contributed by atoms with Crippen molar-refractivity contribution in [3.63, 3.8) is 0 Å². The maximum absolute atomic E-state index is 12.5. The van der Waals surface area contributed by atoms with Crippen LogP contribution in [0.5, 0.6) is 0 Å². The minimum atomic E-state index is -0.414. The lowest BCUT2D eigenvalue weighted by atomic mass is 9.90. The first-order valence-corrected chi connectivity index (χ1v) is 10.2. The molecule has 0 spiro atoms. The molecule has 0 amide bonds. The van der Waals surface area contributed by atoms with Gasteiger partial charge in [-0.15, -0.1) is 0 Å². The van der Waals surface area contributed by atoms with E-state index in [1.54, 1.807) is 30.3 Å². The Labute approximate surface area is 171 Å². The number of ketones is 1. The molecular formula is C24H28O5. The molecule has 1 saturated carbocycles. The maximum atomic E-state index is 12.5. The minimum absolute atomic E-state index is 0.0318. The van der Waals surface area contributed by atoms with Crippen LogP contribution in [-0.2, 0) is 19.1 Å². The van der Waals surface area contributed by atoms with Crippen molar-refractivity contribution in [1.82, 2.24) is 0 Å². The van der Waals surface area contributed by atoms with E-state index in [0.29, 0.717) is 24.8 Å². The zero-order chi connectivity index (χ0) is 21.0. The van der Waals surface area contributed by atoms with Gasteiger partial charge in [0.15, 0.2) is 5.78 Å². The average Bonchev–Trinajstić information content (AvgIpc) is 3.20. The number of esters is 2. The van der Waals surface area contributed by atoms with Gasteiger partial charge in [0.25, 0.3) is 0 Å². The van der Waals surface area contributed by atoms with E-state index in [1.165, 1.54) is 5.57 Å². The zero-order valence-corrected chi connectivity index (χ0v) is 17.2. The highest BCUT2D eigenvalue weighted by molar-refractivity contribution is 5.91. The molecule has 0 aromatic heterocycles. The summed E-state index contributed by atoms with van der Waals surface area (Å²) in [6, 6.07) is 8.82. The third-order valence-corrected chi connectivity index (χ3v) is 5.67. The van der Waals surface area contributed by atoms with Crippen LogP contribution in [0.25, 0.3) is 0 Å². The Morgan fingerprint density at radius 1 is 1.24 bits per heavy atom. The molecule has 1 saturated heterocycles. The van der Waals surface area contributed by atoms with Gasteiger partial charge in [-0.3, -0.25) is 9.59 Å². The zero-order valence-electron chi connectivity index (χ0n) is 17.2. The summed E-state index contributed by atoms with van der Waals surface area (Å²) in [5, 5.41) is 0. The largest absolute Gasteiger partial charge is 0.462 e. The summed E-state index contributed by atoms with van der Waals surface area (Å²) < 4.78 is 11.1. The van der Waals surface area contributed by atoms with Crippen LogP contribution in [0.15, 0.2) is 54.1 Å². The molecule has 0 bridgehead atoms. The molecular weight excluding hydrogens is 368 g/mol. The minimum Gasteiger partial charge on any atom is -0.462 e. The van der Waals surface area contributed by atoms with Gasteiger partial charge in [-0.25, -0.2) is 4.79 Å². The number of hydrogen-bond acceptors (Lipinski definition) is 5. The summed E-state index contributed by atoms with van der Waals surface area (Å²) in [6.45, 7) is 5.92. The van der Waals surface area contributed by atoms with E-state index in [0.717, 1.165) is 0 Å². The molecule has 2 fully saturated rings. The lowest BCUT2D eigenvalue weighted by molar-refractivity contribution is -0.141. The Kier molecular flexibility index (Phi) is 6.68. The predicted molar refractivity (Wildman–Crippen MR) is 109 cm³/mol. The van der Waals surface area contributed by atoms with Crippen molar-refractivity contribution in [3.8, 4) is 0 Å². The lowest BCUT2D eigenvalue weighted by Gasteiger charge is -2.20.